The van der Waals surface area contributed by atoms with Crippen LogP contribution in [0.2, 0.25) is 10.0 Å². The number of thioether (sulfide) groups is 1. The zero-order valence-electron chi connectivity index (χ0n) is 20.4. The van der Waals surface area contributed by atoms with Crippen LogP contribution in [0.1, 0.15) is 17.0 Å². The van der Waals surface area contributed by atoms with Crippen molar-refractivity contribution < 1.29 is 14.3 Å². The van der Waals surface area contributed by atoms with Crippen molar-refractivity contribution in [3.8, 4) is 17.2 Å². The molecule has 2 N–H and O–H groups in total. The van der Waals surface area contributed by atoms with E-state index in [1.54, 1.807) is 43.5 Å². The first kappa shape index (κ1) is 26.7. The van der Waals surface area contributed by atoms with Gasteiger partial charge in [-0.2, -0.15) is 0 Å². The van der Waals surface area contributed by atoms with E-state index in [1.807, 2.05) is 10.6 Å². The molecule has 192 valence electrons. The summed E-state index contributed by atoms with van der Waals surface area (Å²) in [5, 5.41) is 15.9. The summed E-state index contributed by atoms with van der Waals surface area (Å²) in [5.74, 6) is 2.29. The van der Waals surface area contributed by atoms with Gasteiger partial charge in [-0.1, -0.05) is 64.8 Å². The molecular weight excluding hydrogens is 533 g/mol. The molecule has 8 nitrogen and oxygen atoms in total. The van der Waals surface area contributed by atoms with Gasteiger partial charge in [0.2, 0.25) is 0 Å². The van der Waals surface area contributed by atoms with Crippen LogP contribution in [0.3, 0.4) is 0 Å². The molecule has 0 saturated carbocycles. The first-order valence-electron chi connectivity index (χ1n) is 11.2. The van der Waals surface area contributed by atoms with Gasteiger partial charge in [0.15, 0.2) is 11.0 Å². The number of nitrogens with zero attached hydrogens (tertiary/aromatic N) is 3. The number of amides is 2. The molecule has 1 heterocycles. The third-order valence-electron chi connectivity index (χ3n) is 5.37. The van der Waals surface area contributed by atoms with Crippen molar-refractivity contribution in [2.75, 3.05) is 19.5 Å². The highest BCUT2D eigenvalue weighted by Crippen LogP contribution is 2.31. The maximum Gasteiger partial charge on any atom is 0.319 e. The Morgan fingerprint density at radius 1 is 1.03 bits per heavy atom. The van der Waals surface area contributed by atoms with Crippen molar-refractivity contribution >= 4 is 46.7 Å². The van der Waals surface area contributed by atoms with Gasteiger partial charge in [-0.3, -0.25) is 4.57 Å². The van der Waals surface area contributed by atoms with Crippen LogP contribution in [-0.4, -0.2) is 35.0 Å². The topological polar surface area (TPSA) is 90.3 Å². The summed E-state index contributed by atoms with van der Waals surface area (Å²) in [6, 6.07) is 18.2. The molecule has 1 aromatic heterocycles. The van der Waals surface area contributed by atoms with Gasteiger partial charge in [0, 0.05) is 16.8 Å². The number of hydrogen-bond acceptors (Lipinski definition) is 6. The first-order chi connectivity index (χ1) is 17.9. The van der Waals surface area contributed by atoms with Gasteiger partial charge in [-0.15, -0.1) is 10.2 Å². The van der Waals surface area contributed by atoms with Crippen LogP contribution in [0, 0.1) is 6.92 Å². The molecule has 0 bridgehead atoms. The zero-order valence-corrected chi connectivity index (χ0v) is 22.7. The molecule has 4 rings (SSSR count). The van der Waals surface area contributed by atoms with Crippen LogP contribution in [0.15, 0.2) is 65.8 Å². The van der Waals surface area contributed by atoms with E-state index in [-0.39, 0.29) is 6.54 Å². The molecule has 0 saturated heterocycles. The Hall–Kier alpha value is -3.40. The molecule has 0 unspecified atom stereocenters. The van der Waals surface area contributed by atoms with Gasteiger partial charge >= 0.3 is 6.03 Å². The lowest BCUT2D eigenvalue weighted by atomic mass is 10.2. The normalized spacial score (nSPS) is 10.7. The third-order valence-corrected chi connectivity index (χ3v) is 6.90. The number of anilines is 1. The highest BCUT2D eigenvalue weighted by Gasteiger charge is 2.18. The molecule has 0 aliphatic rings. The molecule has 0 fully saturated rings. The first-order valence-corrected chi connectivity index (χ1v) is 13.0. The van der Waals surface area contributed by atoms with Crippen molar-refractivity contribution in [1.82, 2.24) is 20.1 Å². The Morgan fingerprint density at radius 3 is 2.59 bits per heavy atom. The standard InChI is InChI=1S/C26H25Cl2N5O3S/c1-16-5-4-6-17(11-16)15-37-26-32-31-24(33(26)22-10-7-18(27)12-20(22)28)14-29-25(34)30-21-9-8-19(35-2)13-23(21)36-3/h4-13H,14-15H2,1-3H3,(H2,29,30,34). The van der Waals surface area contributed by atoms with Gasteiger partial charge in [0.1, 0.15) is 11.5 Å². The quantitative estimate of drug-likeness (QED) is 0.228. The summed E-state index contributed by atoms with van der Waals surface area (Å²) in [6.07, 6.45) is 0. The van der Waals surface area contributed by atoms with E-state index in [4.69, 9.17) is 32.7 Å². The third kappa shape index (κ3) is 6.68. The molecule has 3 aromatic carbocycles. The highest BCUT2D eigenvalue weighted by atomic mass is 35.5. The maximum atomic E-state index is 12.7. The molecule has 0 atom stereocenters. The van der Waals surface area contributed by atoms with Crippen molar-refractivity contribution in [2.24, 2.45) is 0 Å². The van der Waals surface area contributed by atoms with E-state index in [1.165, 1.54) is 24.4 Å². The van der Waals surface area contributed by atoms with E-state index in [9.17, 15) is 4.79 Å². The Kier molecular flexibility index (Phi) is 8.81. The van der Waals surface area contributed by atoms with Crippen molar-refractivity contribution in [2.45, 2.75) is 24.4 Å². The molecule has 2 amide bonds. The predicted octanol–water partition coefficient (Wildman–Crippen LogP) is 6.51. The SMILES string of the molecule is COc1ccc(NC(=O)NCc2nnc(SCc3cccc(C)c3)n2-c2ccc(Cl)cc2Cl)c(OC)c1. The van der Waals surface area contributed by atoms with Crippen LogP contribution in [-0.2, 0) is 12.3 Å². The average Bonchev–Trinajstić information content (AvgIpc) is 3.29. The van der Waals surface area contributed by atoms with Gasteiger partial charge in [0.25, 0.3) is 0 Å². The van der Waals surface area contributed by atoms with Crippen LogP contribution in [0.4, 0.5) is 10.5 Å². The molecule has 0 aliphatic heterocycles. The molecule has 37 heavy (non-hydrogen) atoms. The van der Waals surface area contributed by atoms with E-state index in [2.05, 4.69) is 46.0 Å². The number of hydrogen-bond donors (Lipinski definition) is 2. The van der Waals surface area contributed by atoms with Crippen LogP contribution < -0.4 is 20.1 Å². The summed E-state index contributed by atoms with van der Waals surface area (Å²) in [6.45, 7) is 2.15. The van der Waals surface area contributed by atoms with Gasteiger partial charge in [-0.25, -0.2) is 4.79 Å². The average molecular weight is 558 g/mol. The maximum absolute atomic E-state index is 12.7. The van der Waals surface area contributed by atoms with E-state index >= 15 is 0 Å². The monoisotopic (exact) mass is 557 g/mol. The summed E-state index contributed by atoms with van der Waals surface area (Å²) in [7, 11) is 3.08. The van der Waals surface area contributed by atoms with Crippen molar-refractivity contribution in [3.63, 3.8) is 0 Å². The Morgan fingerprint density at radius 2 is 1.86 bits per heavy atom. The number of aromatic nitrogens is 3. The molecule has 0 radical (unpaired) electrons. The van der Waals surface area contributed by atoms with E-state index < -0.39 is 6.03 Å². The molecule has 0 aliphatic carbocycles. The molecule has 4 aromatic rings. The lowest BCUT2D eigenvalue weighted by molar-refractivity contribution is 0.251. The minimum Gasteiger partial charge on any atom is -0.497 e. The number of benzene rings is 3. The Balaban J connectivity index is 1.54. The molecule has 11 heteroatoms. The summed E-state index contributed by atoms with van der Waals surface area (Å²) in [5.41, 5.74) is 3.51. The largest absolute Gasteiger partial charge is 0.497 e. The highest BCUT2D eigenvalue weighted by molar-refractivity contribution is 7.98. The minimum atomic E-state index is -0.436. The second-order valence-electron chi connectivity index (χ2n) is 7.98. The molecular formula is C26H25Cl2N5O3S. The van der Waals surface area contributed by atoms with Gasteiger partial charge in [-0.05, 0) is 42.8 Å². The van der Waals surface area contributed by atoms with Gasteiger partial charge < -0.3 is 20.1 Å². The number of ether oxygens (including phenoxy) is 2. The van der Waals surface area contributed by atoms with Crippen LogP contribution in [0.5, 0.6) is 11.5 Å². The number of halogens is 2. The fourth-order valence-corrected chi connectivity index (χ4v) is 4.99. The second kappa shape index (κ2) is 12.2. The number of carbonyl (C=O) groups excluding carboxylic acids is 1. The van der Waals surface area contributed by atoms with E-state index in [0.717, 1.165) is 5.56 Å². The second-order valence-corrected chi connectivity index (χ2v) is 9.77. The predicted molar refractivity (Wildman–Crippen MR) is 148 cm³/mol. The number of methoxy groups -OCH3 is 2. The number of aryl methyl sites for hydroxylation is 1. The van der Waals surface area contributed by atoms with Crippen LogP contribution >= 0.6 is 35.0 Å². The number of carbonyl (C=O) groups is 1. The van der Waals surface area contributed by atoms with Crippen molar-refractivity contribution in [1.29, 1.82) is 0 Å². The Labute approximate surface area is 229 Å². The summed E-state index contributed by atoms with van der Waals surface area (Å²) < 4.78 is 12.4. The molecule has 0 spiro atoms. The summed E-state index contributed by atoms with van der Waals surface area (Å²) in [4.78, 5) is 12.7. The smallest absolute Gasteiger partial charge is 0.319 e. The lowest BCUT2D eigenvalue weighted by Crippen LogP contribution is -2.29. The van der Waals surface area contributed by atoms with E-state index in [0.29, 0.717) is 49.7 Å². The Bertz CT molecular complexity index is 1410. The minimum absolute atomic E-state index is 0.0985. The fourth-order valence-electron chi connectivity index (χ4n) is 3.59. The fraction of sp³-hybridized carbons (Fsp3) is 0.192. The lowest BCUT2D eigenvalue weighted by Gasteiger charge is -2.14. The number of urea groups is 1. The number of nitrogens with one attached hydrogen (secondary N) is 2. The van der Waals surface area contributed by atoms with Crippen LogP contribution in [0.25, 0.3) is 5.69 Å². The zero-order chi connectivity index (χ0) is 26.4. The summed E-state index contributed by atoms with van der Waals surface area (Å²) >= 11 is 14.2. The van der Waals surface area contributed by atoms with Gasteiger partial charge in [0.05, 0.1) is 37.2 Å². The van der Waals surface area contributed by atoms with Crippen molar-refractivity contribution in [3.05, 3.63) is 87.7 Å². The number of rotatable bonds is 9.